The van der Waals surface area contributed by atoms with Crippen LogP contribution in [0.2, 0.25) is 0 Å². The molecule has 1 aliphatic heterocycles. The number of nitrogens with two attached hydrogens (primary N) is 1. The van der Waals surface area contributed by atoms with Crippen LogP contribution < -0.4 is 14.8 Å². The maximum absolute atomic E-state index is 13.0. The van der Waals surface area contributed by atoms with Gasteiger partial charge in [-0.1, -0.05) is 0 Å². The Morgan fingerprint density at radius 2 is 1.10 bits per heavy atom. The third kappa shape index (κ3) is 2.47. The third-order valence-corrected chi connectivity index (χ3v) is 5.12. The Balaban J connectivity index is 1.81. The molecule has 1 fully saturated rings. The topological polar surface area (TPSA) is 32.5 Å². The number of hydrogen-bond acceptors (Lipinski definition) is 3. The average molecular weight is 293 g/mol. The minimum absolute atomic E-state index is 0.260. The van der Waals surface area contributed by atoms with E-state index in [1.54, 1.807) is 24.3 Å². The van der Waals surface area contributed by atoms with Crippen molar-refractivity contribution in [3.05, 3.63) is 60.2 Å². The predicted octanol–water partition coefficient (Wildman–Crippen LogP) is 3.48. The van der Waals surface area contributed by atoms with Crippen molar-refractivity contribution in [1.82, 2.24) is 0 Å². The van der Waals surface area contributed by atoms with Crippen molar-refractivity contribution in [1.29, 1.82) is 0 Å². The zero-order valence-corrected chi connectivity index (χ0v) is 11.6. The van der Waals surface area contributed by atoms with Crippen LogP contribution in [0.3, 0.4) is 0 Å². The summed E-state index contributed by atoms with van der Waals surface area (Å²) in [6.45, 7) is 1.54. The van der Waals surface area contributed by atoms with Crippen LogP contribution in [0.5, 0.6) is 0 Å². The molecule has 1 heterocycles. The lowest BCUT2D eigenvalue weighted by atomic mass is 10.3. The Morgan fingerprint density at radius 3 is 1.45 bits per heavy atom. The molecule has 2 aromatic carbocycles. The molecule has 0 aliphatic carbocycles. The lowest BCUT2D eigenvalue weighted by Crippen LogP contribution is -2.19. The molecular formula is C14H14F2N3P. The van der Waals surface area contributed by atoms with Gasteiger partial charge in [-0.15, -0.1) is 0 Å². The van der Waals surface area contributed by atoms with Gasteiger partial charge in [0.1, 0.15) is 11.6 Å². The third-order valence-electron chi connectivity index (χ3n) is 3.27. The van der Waals surface area contributed by atoms with Crippen molar-refractivity contribution in [3.8, 4) is 0 Å². The largest absolute Gasteiger partial charge is 0.320 e. The average Bonchev–Trinajstić information content (AvgIpc) is 2.83. The summed E-state index contributed by atoms with van der Waals surface area (Å²) >= 11 is 0. The fraction of sp³-hybridized carbons (Fsp3) is 0.143. The molecule has 0 unspecified atom stereocenters. The fourth-order valence-electron chi connectivity index (χ4n) is 2.25. The van der Waals surface area contributed by atoms with Crippen LogP contribution >= 0.6 is 8.37 Å². The van der Waals surface area contributed by atoms with Crippen LogP contribution in [0, 0.1) is 11.6 Å². The number of nitrogens with zero attached hydrogens (tertiary/aromatic N) is 2. The van der Waals surface area contributed by atoms with Crippen molar-refractivity contribution >= 4 is 19.7 Å². The van der Waals surface area contributed by atoms with Crippen molar-refractivity contribution in [2.45, 2.75) is 0 Å². The van der Waals surface area contributed by atoms with E-state index in [9.17, 15) is 8.78 Å². The summed E-state index contributed by atoms with van der Waals surface area (Å²) in [5, 5.41) is 0. The van der Waals surface area contributed by atoms with E-state index in [2.05, 4.69) is 9.34 Å². The Hall–Kier alpha value is -1.71. The summed E-state index contributed by atoms with van der Waals surface area (Å²) in [6, 6.07) is 12.6. The first-order valence-electron chi connectivity index (χ1n) is 6.26. The molecule has 1 saturated heterocycles. The number of benzene rings is 2. The molecule has 2 aromatic rings. The first-order valence-corrected chi connectivity index (χ1v) is 7.57. The van der Waals surface area contributed by atoms with Gasteiger partial charge in [0.05, 0.1) is 0 Å². The van der Waals surface area contributed by atoms with Gasteiger partial charge in [0.25, 0.3) is 0 Å². The van der Waals surface area contributed by atoms with Crippen LogP contribution in [0.15, 0.2) is 48.5 Å². The normalized spacial score (nSPS) is 15.9. The number of hydrogen-bond donors (Lipinski definition) is 1. The van der Waals surface area contributed by atoms with E-state index in [4.69, 9.17) is 5.50 Å². The molecule has 0 radical (unpaired) electrons. The van der Waals surface area contributed by atoms with E-state index >= 15 is 0 Å². The van der Waals surface area contributed by atoms with E-state index in [-0.39, 0.29) is 11.6 Å². The maximum Gasteiger partial charge on any atom is 0.173 e. The van der Waals surface area contributed by atoms with E-state index in [1.165, 1.54) is 24.3 Å². The molecule has 0 atom stereocenters. The Bertz CT molecular complexity index is 535. The zero-order chi connectivity index (χ0) is 14.1. The van der Waals surface area contributed by atoms with Gasteiger partial charge < -0.3 is 9.34 Å². The Labute approximate surface area is 117 Å². The molecule has 0 aromatic heterocycles. The van der Waals surface area contributed by atoms with Crippen molar-refractivity contribution in [3.63, 3.8) is 0 Å². The monoisotopic (exact) mass is 293 g/mol. The number of rotatable bonds is 2. The first kappa shape index (κ1) is 13.3. The zero-order valence-electron chi connectivity index (χ0n) is 10.7. The summed E-state index contributed by atoms with van der Waals surface area (Å²) in [5.41, 5.74) is 8.11. The van der Waals surface area contributed by atoms with E-state index < -0.39 is 8.37 Å². The molecule has 0 amide bonds. The molecule has 3 nitrogen and oxygen atoms in total. The second-order valence-electron chi connectivity index (χ2n) is 4.52. The minimum atomic E-state index is -1.04. The predicted molar refractivity (Wildman–Crippen MR) is 78.6 cm³/mol. The maximum atomic E-state index is 13.0. The summed E-state index contributed by atoms with van der Waals surface area (Å²) in [5.74, 6) is -0.519. The van der Waals surface area contributed by atoms with E-state index in [1.807, 2.05) is 0 Å². The minimum Gasteiger partial charge on any atom is -0.320 e. The molecule has 104 valence electrons. The quantitative estimate of drug-likeness (QED) is 0.860. The lowest BCUT2D eigenvalue weighted by molar-refractivity contribution is 0.627. The SMILES string of the molecule is NP1N(c2ccc(F)cc2)CCN1c1ccc(F)cc1. The van der Waals surface area contributed by atoms with Gasteiger partial charge in [-0.05, 0) is 48.5 Å². The van der Waals surface area contributed by atoms with Gasteiger partial charge in [0.2, 0.25) is 0 Å². The van der Waals surface area contributed by atoms with Crippen LogP contribution in [0.4, 0.5) is 20.2 Å². The van der Waals surface area contributed by atoms with Crippen molar-refractivity contribution in [2.24, 2.45) is 5.50 Å². The van der Waals surface area contributed by atoms with E-state index in [0.717, 1.165) is 24.5 Å². The Morgan fingerprint density at radius 1 is 0.750 bits per heavy atom. The summed E-state index contributed by atoms with van der Waals surface area (Å²) in [7, 11) is -1.04. The fourth-order valence-corrected chi connectivity index (χ4v) is 3.84. The van der Waals surface area contributed by atoms with Crippen LogP contribution in [-0.2, 0) is 0 Å². The van der Waals surface area contributed by atoms with E-state index in [0.29, 0.717) is 0 Å². The molecule has 0 bridgehead atoms. The highest BCUT2D eigenvalue weighted by Gasteiger charge is 2.30. The van der Waals surface area contributed by atoms with Crippen LogP contribution in [0.25, 0.3) is 0 Å². The van der Waals surface area contributed by atoms with Crippen LogP contribution in [-0.4, -0.2) is 13.1 Å². The van der Waals surface area contributed by atoms with Crippen molar-refractivity contribution < 1.29 is 8.78 Å². The lowest BCUT2D eigenvalue weighted by Gasteiger charge is -2.28. The van der Waals surface area contributed by atoms with Gasteiger partial charge >= 0.3 is 0 Å². The first-order chi connectivity index (χ1) is 9.65. The molecule has 0 spiro atoms. The smallest absolute Gasteiger partial charge is 0.173 e. The highest BCUT2D eigenvalue weighted by molar-refractivity contribution is 7.59. The standard InChI is InChI=1S/C14H14F2N3P/c15-11-1-5-13(6-2-11)18-9-10-19(20(18)17)14-7-3-12(16)4-8-14/h1-8H,9-10,17H2. The second kappa shape index (κ2) is 5.35. The summed E-state index contributed by atoms with van der Waals surface area (Å²) in [6.07, 6.45) is 0. The molecule has 0 saturated carbocycles. The number of anilines is 2. The summed E-state index contributed by atoms with van der Waals surface area (Å²) < 4.78 is 30.0. The van der Waals surface area contributed by atoms with Crippen molar-refractivity contribution in [2.75, 3.05) is 22.4 Å². The molecule has 6 heteroatoms. The molecule has 3 rings (SSSR count). The van der Waals surface area contributed by atoms with Gasteiger partial charge in [0.15, 0.2) is 8.37 Å². The van der Waals surface area contributed by atoms with Gasteiger partial charge in [-0.2, -0.15) is 0 Å². The highest BCUT2D eigenvalue weighted by atomic mass is 31.1. The molecule has 1 aliphatic rings. The summed E-state index contributed by atoms with van der Waals surface area (Å²) in [4.78, 5) is 0. The molecule has 20 heavy (non-hydrogen) atoms. The number of halogens is 2. The molecule has 2 N–H and O–H groups in total. The van der Waals surface area contributed by atoms with Gasteiger partial charge in [0, 0.05) is 24.5 Å². The van der Waals surface area contributed by atoms with Crippen LogP contribution in [0.1, 0.15) is 0 Å². The second-order valence-corrected chi connectivity index (χ2v) is 6.13. The molecular weight excluding hydrogens is 279 g/mol. The highest BCUT2D eigenvalue weighted by Crippen LogP contribution is 2.47. The Kier molecular flexibility index (Phi) is 3.55. The van der Waals surface area contributed by atoms with Gasteiger partial charge in [-0.3, -0.25) is 5.50 Å². The van der Waals surface area contributed by atoms with Gasteiger partial charge in [-0.25, -0.2) is 8.78 Å².